The molecule has 0 unspecified atom stereocenters. The van der Waals surface area contributed by atoms with Gasteiger partial charge in [-0.1, -0.05) is 12.1 Å². The van der Waals surface area contributed by atoms with E-state index in [1.54, 1.807) is 12.1 Å². The second-order valence-electron chi connectivity index (χ2n) is 6.12. The van der Waals surface area contributed by atoms with E-state index in [1.165, 1.54) is 30.3 Å². The van der Waals surface area contributed by atoms with Crippen LogP contribution in [0.25, 0.3) is 0 Å². The van der Waals surface area contributed by atoms with Crippen molar-refractivity contribution in [2.75, 3.05) is 18.0 Å². The summed E-state index contributed by atoms with van der Waals surface area (Å²) in [6, 6.07) is 10.1. The minimum atomic E-state index is -0.774. The Bertz CT molecular complexity index is 892. The van der Waals surface area contributed by atoms with E-state index in [0.717, 1.165) is 25.9 Å². The van der Waals surface area contributed by atoms with Gasteiger partial charge in [0.1, 0.15) is 12.3 Å². The average Bonchev–Trinajstić information content (AvgIpc) is 3.20. The number of nitro benzene ring substituents is 2. The zero-order valence-electron chi connectivity index (χ0n) is 14.4. The van der Waals surface area contributed by atoms with Crippen molar-refractivity contribution in [1.29, 1.82) is 0 Å². The molecule has 1 saturated heterocycles. The number of anilines is 1. The maximum atomic E-state index is 12.3. The fourth-order valence-corrected chi connectivity index (χ4v) is 3.06. The van der Waals surface area contributed by atoms with Gasteiger partial charge in [0.15, 0.2) is 0 Å². The third-order valence-electron chi connectivity index (χ3n) is 4.40. The first-order valence-electron chi connectivity index (χ1n) is 8.40. The zero-order valence-corrected chi connectivity index (χ0v) is 14.4. The normalized spacial score (nSPS) is 13.4. The predicted octanol–water partition coefficient (Wildman–Crippen LogP) is 3.46. The summed E-state index contributed by atoms with van der Waals surface area (Å²) in [4.78, 5) is 35.5. The largest absolute Gasteiger partial charge is 0.457 e. The number of carbonyl (C=O) groups is 1. The van der Waals surface area contributed by atoms with E-state index < -0.39 is 15.8 Å². The van der Waals surface area contributed by atoms with Gasteiger partial charge >= 0.3 is 5.97 Å². The molecule has 0 aromatic heterocycles. The molecule has 0 spiro atoms. The van der Waals surface area contributed by atoms with Crippen molar-refractivity contribution in [3.05, 3.63) is 73.8 Å². The molecular formula is C18H17N3O6. The first kappa shape index (κ1) is 18.3. The monoisotopic (exact) mass is 371 g/mol. The van der Waals surface area contributed by atoms with E-state index in [2.05, 4.69) is 0 Å². The predicted molar refractivity (Wildman–Crippen MR) is 96.8 cm³/mol. The van der Waals surface area contributed by atoms with Crippen LogP contribution in [0.15, 0.2) is 42.5 Å². The van der Waals surface area contributed by atoms with Crippen molar-refractivity contribution in [2.45, 2.75) is 19.4 Å². The average molecular weight is 371 g/mol. The highest BCUT2D eigenvalue weighted by molar-refractivity contribution is 5.91. The molecule has 0 aliphatic carbocycles. The molecule has 0 amide bonds. The fourth-order valence-electron chi connectivity index (χ4n) is 3.06. The van der Waals surface area contributed by atoms with Gasteiger partial charge in [-0.05, 0) is 31.0 Å². The topological polar surface area (TPSA) is 116 Å². The van der Waals surface area contributed by atoms with Crippen molar-refractivity contribution >= 4 is 23.0 Å². The van der Waals surface area contributed by atoms with Gasteiger partial charge < -0.3 is 9.64 Å². The van der Waals surface area contributed by atoms with Gasteiger partial charge in [-0.3, -0.25) is 20.2 Å². The number of nitro groups is 2. The summed E-state index contributed by atoms with van der Waals surface area (Å²) >= 11 is 0. The standard InChI is InChI=1S/C18H17N3O6/c22-18(27-12-14-5-1-2-6-15(14)20(23)24)13-7-8-16(17(11-13)21(25)26)19-9-3-4-10-19/h1-2,5-8,11H,3-4,9-10,12H2. The fraction of sp³-hybridized carbons (Fsp3) is 0.278. The maximum Gasteiger partial charge on any atom is 0.338 e. The number of nitrogens with zero attached hydrogens (tertiary/aromatic N) is 3. The lowest BCUT2D eigenvalue weighted by molar-refractivity contribution is -0.385. The summed E-state index contributed by atoms with van der Waals surface area (Å²) in [5.41, 5.74) is 0.452. The van der Waals surface area contributed by atoms with Crippen LogP contribution in [0.2, 0.25) is 0 Å². The molecule has 2 aromatic carbocycles. The van der Waals surface area contributed by atoms with E-state index >= 15 is 0 Å². The van der Waals surface area contributed by atoms with Gasteiger partial charge in [0.2, 0.25) is 0 Å². The van der Waals surface area contributed by atoms with Crippen LogP contribution in [-0.2, 0) is 11.3 Å². The van der Waals surface area contributed by atoms with Crippen molar-refractivity contribution in [1.82, 2.24) is 0 Å². The summed E-state index contributed by atoms with van der Waals surface area (Å²) in [6.07, 6.45) is 1.94. The Balaban J connectivity index is 1.78. The van der Waals surface area contributed by atoms with Crippen LogP contribution >= 0.6 is 0 Å². The van der Waals surface area contributed by atoms with Crippen LogP contribution in [0.1, 0.15) is 28.8 Å². The Morgan fingerprint density at radius 3 is 2.33 bits per heavy atom. The second kappa shape index (κ2) is 7.81. The lowest BCUT2D eigenvalue weighted by Crippen LogP contribution is -2.19. The summed E-state index contributed by atoms with van der Waals surface area (Å²) in [5, 5.41) is 22.4. The van der Waals surface area contributed by atoms with Crippen molar-refractivity contribution < 1.29 is 19.4 Å². The lowest BCUT2D eigenvalue weighted by atomic mass is 10.1. The third kappa shape index (κ3) is 4.02. The van der Waals surface area contributed by atoms with Crippen LogP contribution < -0.4 is 4.90 Å². The molecule has 2 aromatic rings. The van der Waals surface area contributed by atoms with Gasteiger partial charge in [0.25, 0.3) is 11.4 Å². The number of hydrogen-bond acceptors (Lipinski definition) is 7. The first-order valence-corrected chi connectivity index (χ1v) is 8.40. The molecular weight excluding hydrogens is 354 g/mol. The van der Waals surface area contributed by atoms with E-state index in [4.69, 9.17) is 4.74 Å². The van der Waals surface area contributed by atoms with Crippen molar-refractivity contribution in [3.8, 4) is 0 Å². The van der Waals surface area contributed by atoms with Crippen LogP contribution in [-0.4, -0.2) is 28.9 Å². The molecule has 0 radical (unpaired) electrons. The number of hydrogen-bond donors (Lipinski definition) is 0. The molecule has 1 aliphatic rings. The van der Waals surface area contributed by atoms with Gasteiger partial charge in [0, 0.05) is 25.2 Å². The molecule has 0 N–H and O–H groups in total. The van der Waals surface area contributed by atoms with E-state index in [9.17, 15) is 25.0 Å². The number of para-hydroxylation sites is 1. The molecule has 0 saturated carbocycles. The summed E-state index contributed by atoms with van der Waals surface area (Å²) in [5.74, 6) is -0.774. The minimum Gasteiger partial charge on any atom is -0.457 e. The van der Waals surface area contributed by atoms with Crippen molar-refractivity contribution in [3.63, 3.8) is 0 Å². The Morgan fingerprint density at radius 1 is 1.00 bits per heavy atom. The molecule has 3 rings (SSSR count). The quantitative estimate of drug-likeness (QED) is 0.434. The molecule has 1 fully saturated rings. The second-order valence-corrected chi connectivity index (χ2v) is 6.12. The molecule has 140 valence electrons. The molecule has 1 heterocycles. The Hall–Kier alpha value is -3.49. The number of carbonyl (C=O) groups excluding carboxylic acids is 1. The molecule has 1 aliphatic heterocycles. The van der Waals surface area contributed by atoms with Crippen LogP contribution in [0.5, 0.6) is 0 Å². The highest BCUT2D eigenvalue weighted by Crippen LogP contribution is 2.32. The molecule has 0 atom stereocenters. The zero-order chi connectivity index (χ0) is 19.4. The number of ether oxygens (including phenoxy) is 1. The van der Waals surface area contributed by atoms with Crippen LogP contribution in [0.3, 0.4) is 0 Å². The summed E-state index contributed by atoms with van der Waals surface area (Å²) in [7, 11) is 0. The van der Waals surface area contributed by atoms with E-state index in [1.807, 2.05) is 4.90 Å². The SMILES string of the molecule is O=C(OCc1ccccc1[N+](=O)[O-])c1ccc(N2CCCC2)c([N+](=O)[O-])c1. The van der Waals surface area contributed by atoms with E-state index in [-0.39, 0.29) is 29.1 Å². The Morgan fingerprint density at radius 2 is 1.67 bits per heavy atom. The number of rotatable bonds is 6. The van der Waals surface area contributed by atoms with Crippen LogP contribution in [0, 0.1) is 20.2 Å². The number of esters is 1. The van der Waals surface area contributed by atoms with Crippen molar-refractivity contribution in [2.24, 2.45) is 0 Å². The van der Waals surface area contributed by atoms with Gasteiger partial charge in [0.05, 0.1) is 21.0 Å². The molecule has 9 nitrogen and oxygen atoms in total. The molecule has 0 bridgehead atoms. The molecule has 27 heavy (non-hydrogen) atoms. The van der Waals surface area contributed by atoms with Gasteiger partial charge in [-0.25, -0.2) is 4.79 Å². The molecule has 9 heteroatoms. The van der Waals surface area contributed by atoms with E-state index in [0.29, 0.717) is 5.69 Å². The summed E-state index contributed by atoms with van der Waals surface area (Å²) < 4.78 is 5.13. The van der Waals surface area contributed by atoms with Crippen LogP contribution in [0.4, 0.5) is 17.1 Å². The van der Waals surface area contributed by atoms with Gasteiger partial charge in [-0.15, -0.1) is 0 Å². The highest BCUT2D eigenvalue weighted by atomic mass is 16.6. The minimum absolute atomic E-state index is 0.0308. The number of benzene rings is 2. The Labute approximate surface area is 154 Å². The Kier molecular flexibility index (Phi) is 5.30. The lowest BCUT2D eigenvalue weighted by Gasteiger charge is -2.17. The third-order valence-corrected chi connectivity index (χ3v) is 4.40. The highest BCUT2D eigenvalue weighted by Gasteiger charge is 2.24. The smallest absolute Gasteiger partial charge is 0.338 e. The first-order chi connectivity index (χ1) is 13.0. The maximum absolute atomic E-state index is 12.3. The summed E-state index contributed by atoms with van der Waals surface area (Å²) in [6.45, 7) is 1.18. The van der Waals surface area contributed by atoms with Gasteiger partial charge in [-0.2, -0.15) is 0 Å².